The van der Waals surface area contributed by atoms with Gasteiger partial charge in [0.05, 0.1) is 10.4 Å². The number of ketones is 1. The first-order valence-electron chi connectivity index (χ1n) is 5.90. The summed E-state index contributed by atoms with van der Waals surface area (Å²) in [5.41, 5.74) is 0.0974. The number of hydrogen-bond donors (Lipinski definition) is 0. The largest absolute Gasteiger partial charge is 0.288 e. The minimum absolute atomic E-state index is 0.00430. The maximum absolute atomic E-state index is 13.8. The summed E-state index contributed by atoms with van der Waals surface area (Å²) >= 11 is 4.66. The second kappa shape index (κ2) is 5.17. The third kappa shape index (κ3) is 2.95. The van der Waals surface area contributed by atoms with Crippen LogP contribution in [0.5, 0.6) is 0 Å². The number of benzene rings is 1. The molecule has 0 N–H and O–H groups in total. The number of carbonyl (C=O) groups is 1. The number of halogens is 2. The lowest BCUT2D eigenvalue weighted by Gasteiger charge is -2.15. The van der Waals surface area contributed by atoms with Crippen molar-refractivity contribution >= 4 is 33.0 Å². The predicted molar refractivity (Wildman–Crippen MR) is 80.6 cm³/mol. The van der Waals surface area contributed by atoms with Gasteiger partial charge in [-0.2, -0.15) is 0 Å². The van der Waals surface area contributed by atoms with Crippen molar-refractivity contribution < 1.29 is 9.18 Å². The molecular weight excluding hydrogens is 327 g/mol. The van der Waals surface area contributed by atoms with E-state index in [-0.39, 0.29) is 16.8 Å². The van der Waals surface area contributed by atoms with Gasteiger partial charge in [-0.25, -0.2) is 4.39 Å². The molecule has 0 saturated carbocycles. The molecule has 100 valence electrons. The quantitative estimate of drug-likeness (QED) is 0.688. The molecule has 1 nitrogen and oxygen atoms in total. The molecule has 0 bridgehead atoms. The molecule has 0 aliphatic rings. The van der Waals surface area contributed by atoms with Crippen molar-refractivity contribution in [3.8, 4) is 0 Å². The van der Waals surface area contributed by atoms with Gasteiger partial charge in [-0.15, -0.1) is 11.3 Å². The summed E-state index contributed by atoms with van der Waals surface area (Å²) in [5, 5.41) is 0. The molecule has 2 aromatic rings. The van der Waals surface area contributed by atoms with Crippen molar-refractivity contribution in [1.82, 2.24) is 0 Å². The van der Waals surface area contributed by atoms with Crippen LogP contribution in [0.4, 0.5) is 4.39 Å². The molecule has 0 aliphatic carbocycles. The van der Waals surface area contributed by atoms with Gasteiger partial charge in [0.1, 0.15) is 5.82 Å². The van der Waals surface area contributed by atoms with Gasteiger partial charge in [-0.1, -0.05) is 26.8 Å². The molecule has 0 amide bonds. The van der Waals surface area contributed by atoms with E-state index in [1.165, 1.54) is 17.4 Å². The van der Waals surface area contributed by atoms with E-state index in [9.17, 15) is 9.18 Å². The normalized spacial score (nSPS) is 11.6. The zero-order valence-corrected chi connectivity index (χ0v) is 13.4. The molecule has 2 rings (SSSR count). The van der Waals surface area contributed by atoms with Crippen LogP contribution >= 0.6 is 27.3 Å². The Kier molecular flexibility index (Phi) is 3.92. The molecule has 0 saturated heterocycles. The maximum atomic E-state index is 13.8. The molecule has 0 radical (unpaired) electrons. The van der Waals surface area contributed by atoms with Crippen LogP contribution < -0.4 is 0 Å². The summed E-state index contributed by atoms with van der Waals surface area (Å²) in [4.78, 5) is 14.0. The molecule has 1 aromatic carbocycles. The van der Waals surface area contributed by atoms with Gasteiger partial charge in [0, 0.05) is 9.35 Å². The lowest BCUT2D eigenvalue weighted by atomic mass is 9.95. The monoisotopic (exact) mass is 340 g/mol. The fraction of sp³-hybridized carbons (Fsp3) is 0.267. The van der Waals surface area contributed by atoms with E-state index in [1.54, 1.807) is 18.2 Å². The number of carbonyl (C=O) groups excluding carboxylic acids is 1. The zero-order chi connectivity index (χ0) is 14.2. The third-order valence-electron chi connectivity index (χ3n) is 2.76. The first kappa shape index (κ1) is 14.4. The van der Waals surface area contributed by atoms with Gasteiger partial charge in [0.15, 0.2) is 0 Å². The number of thiophene rings is 1. The highest BCUT2D eigenvalue weighted by Gasteiger charge is 2.22. The molecule has 0 atom stereocenters. The van der Waals surface area contributed by atoms with E-state index in [0.717, 1.165) is 4.88 Å². The molecule has 0 spiro atoms. The second-order valence-corrected chi connectivity index (χ2v) is 7.28. The van der Waals surface area contributed by atoms with Crippen molar-refractivity contribution in [1.29, 1.82) is 0 Å². The van der Waals surface area contributed by atoms with Gasteiger partial charge in [0.25, 0.3) is 0 Å². The van der Waals surface area contributed by atoms with Crippen LogP contribution in [0.15, 0.2) is 34.8 Å². The van der Waals surface area contributed by atoms with Crippen LogP contribution in [0.3, 0.4) is 0 Å². The van der Waals surface area contributed by atoms with Crippen molar-refractivity contribution in [2.75, 3.05) is 0 Å². The third-order valence-corrected chi connectivity index (χ3v) is 4.93. The summed E-state index contributed by atoms with van der Waals surface area (Å²) in [5.74, 6) is -0.768. The molecule has 0 aliphatic heterocycles. The van der Waals surface area contributed by atoms with Crippen LogP contribution in [0, 0.1) is 5.82 Å². The minimum atomic E-state index is -0.495. The summed E-state index contributed by atoms with van der Waals surface area (Å²) in [6, 6.07) is 8.26. The molecular formula is C15H14BrFOS. The Hall–Kier alpha value is -1.000. The second-order valence-electron chi connectivity index (χ2n) is 5.34. The highest BCUT2D eigenvalue weighted by molar-refractivity contribution is 9.10. The van der Waals surface area contributed by atoms with Gasteiger partial charge in [0.2, 0.25) is 5.78 Å². The van der Waals surface area contributed by atoms with Crippen LogP contribution in [-0.2, 0) is 5.41 Å². The van der Waals surface area contributed by atoms with Crippen molar-refractivity contribution in [2.24, 2.45) is 0 Å². The Labute approximate surface area is 124 Å². The first-order chi connectivity index (χ1) is 8.80. The molecule has 19 heavy (non-hydrogen) atoms. The lowest BCUT2D eigenvalue weighted by molar-refractivity contribution is 0.103. The smallest absolute Gasteiger partial charge is 0.207 e. The van der Waals surface area contributed by atoms with E-state index >= 15 is 0 Å². The minimum Gasteiger partial charge on any atom is -0.288 e. The topological polar surface area (TPSA) is 17.1 Å². The first-order valence-corrected chi connectivity index (χ1v) is 7.50. The van der Waals surface area contributed by atoms with Gasteiger partial charge in [-0.3, -0.25) is 4.79 Å². The Balaban J connectivity index is 2.43. The average molecular weight is 341 g/mol. The lowest BCUT2D eigenvalue weighted by Crippen LogP contribution is -2.08. The highest BCUT2D eigenvalue weighted by atomic mass is 79.9. The van der Waals surface area contributed by atoms with E-state index in [1.807, 2.05) is 6.07 Å². The standard InChI is InChI=1S/C15H14BrFOS/c1-15(2,3)12-8-7-11(19-12)14(18)13-9(16)5-4-6-10(13)17/h4-8H,1-3H3. The number of rotatable bonds is 2. The van der Waals surface area contributed by atoms with E-state index in [2.05, 4.69) is 36.7 Å². The summed E-state index contributed by atoms with van der Waals surface area (Å²) in [7, 11) is 0. The van der Waals surface area contributed by atoms with E-state index < -0.39 is 5.82 Å². The van der Waals surface area contributed by atoms with Gasteiger partial charge < -0.3 is 0 Å². The molecule has 0 unspecified atom stereocenters. The average Bonchev–Trinajstić information content (AvgIpc) is 2.77. The van der Waals surface area contributed by atoms with Gasteiger partial charge >= 0.3 is 0 Å². The zero-order valence-electron chi connectivity index (χ0n) is 11.0. The summed E-state index contributed by atoms with van der Waals surface area (Å²) in [6.07, 6.45) is 0. The highest BCUT2D eigenvalue weighted by Crippen LogP contribution is 2.32. The molecule has 1 heterocycles. The van der Waals surface area contributed by atoms with Crippen LogP contribution in [0.1, 0.15) is 40.9 Å². The Bertz CT molecular complexity index is 605. The van der Waals surface area contributed by atoms with Crippen molar-refractivity contribution in [3.05, 3.63) is 55.9 Å². The molecule has 1 aromatic heterocycles. The van der Waals surface area contributed by atoms with Crippen LogP contribution in [-0.4, -0.2) is 5.78 Å². The maximum Gasteiger partial charge on any atom is 0.207 e. The summed E-state index contributed by atoms with van der Waals surface area (Å²) in [6.45, 7) is 6.27. The fourth-order valence-corrected chi connectivity index (χ4v) is 3.23. The van der Waals surface area contributed by atoms with E-state index in [0.29, 0.717) is 9.35 Å². The fourth-order valence-electron chi connectivity index (χ4n) is 1.70. The molecule has 4 heteroatoms. The van der Waals surface area contributed by atoms with Crippen LogP contribution in [0.2, 0.25) is 0 Å². The van der Waals surface area contributed by atoms with E-state index in [4.69, 9.17) is 0 Å². The Morgan fingerprint density at radius 2 is 1.89 bits per heavy atom. The summed E-state index contributed by atoms with van der Waals surface area (Å²) < 4.78 is 14.3. The predicted octanol–water partition coefficient (Wildman–Crippen LogP) is 5.18. The van der Waals surface area contributed by atoms with Crippen molar-refractivity contribution in [2.45, 2.75) is 26.2 Å². The number of hydrogen-bond acceptors (Lipinski definition) is 2. The molecule has 0 fully saturated rings. The Morgan fingerprint density at radius 1 is 1.21 bits per heavy atom. The van der Waals surface area contributed by atoms with Gasteiger partial charge in [-0.05, 0) is 45.6 Å². The SMILES string of the molecule is CC(C)(C)c1ccc(C(=O)c2c(F)cccc2Br)s1. The van der Waals surface area contributed by atoms with Crippen LogP contribution in [0.25, 0.3) is 0 Å². The Morgan fingerprint density at radius 3 is 2.42 bits per heavy atom. The van der Waals surface area contributed by atoms with Crippen molar-refractivity contribution in [3.63, 3.8) is 0 Å².